The van der Waals surface area contributed by atoms with Crippen LogP contribution in [0, 0.1) is 6.92 Å². The molecule has 1 aliphatic rings. The van der Waals surface area contributed by atoms with Gasteiger partial charge in [-0.05, 0) is 69.3 Å². The summed E-state index contributed by atoms with van der Waals surface area (Å²) in [5.74, 6) is 1.09. The molecular weight excluding hydrogens is 332 g/mol. The largest absolute Gasteiger partial charge is 0.342 e. The Balaban J connectivity index is 2.24. The molecule has 4 heteroatoms. The molecule has 1 aromatic rings. The van der Waals surface area contributed by atoms with Gasteiger partial charge in [0.1, 0.15) is 5.84 Å². The van der Waals surface area contributed by atoms with Crippen LogP contribution in [0.5, 0.6) is 0 Å². The Morgan fingerprint density at radius 2 is 1.88 bits per heavy atom. The Hall–Kier alpha value is -0.350. The predicted octanol–water partition coefficient (Wildman–Crippen LogP) is 4.51. The third kappa shape index (κ3) is 2.86. The summed E-state index contributed by atoms with van der Waals surface area (Å²) in [6.07, 6.45) is 3.49. The Morgan fingerprint density at radius 1 is 1.19 bits per heavy atom. The van der Waals surface area contributed by atoms with Crippen LogP contribution in [0.15, 0.2) is 26.1 Å². The minimum Gasteiger partial charge on any atom is -0.342 e. The van der Waals surface area contributed by atoms with Crippen LogP contribution in [0.4, 0.5) is 5.69 Å². The van der Waals surface area contributed by atoms with Gasteiger partial charge in [-0.1, -0.05) is 0 Å². The smallest absolute Gasteiger partial charge is 0.101 e. The second-order valence-electron chi connectivity index (χ2n) is 4.01. The van der Waals surface area contributed by atoms with Gasteiger partial charge in [-0.3, -0.25) is 4.99 Å². The molecule has 0 saturated carbocycles. The van der Waals surface area contributed by atoms with Gasteiger partial charge in [0.05, 0.1) is 5.69 Å². The Kier molecular flexibility index (Phi) is 4.03. The van der Waals surface area contributed by atoms with Crippen LogP contribution in [0.3, 0.4) is 0 Å². The van der Waals surface area contributed by atoms with E-state index in [4.69, 9.17) is 0 Å². The molecule has 1 aliphatic heterocycles. The average molecular weight is 346 g/mol. The number of halogens is 2. The molecule has 2 rings (SSSR count). The zero-order valence-corrected chi connectivity index (χ0v) is 12.4. The molecule has 1 heterocycles. The highest BCUT2D eigenvalue weighted by Gasteiger charge is 2.10. The van der Waals surface area contributed by atoms with E-state index in [0.717, 1.165) is 33.4 Å². The molecule has 0 aliphatic carbocycles. The van der Waals surface area contributed by atoms with E-state index in [-0.39, 0.29) is 0 Å². The number of nitrogens with zero attached hydrogens (tertiary/aromatic N) is 1. The van der Waals surface area contributed by atoms with Crippen molar-refractivity contribution in [1.29, 1.82) is 0 Å². The number of anilines is 1. The van der Waals surface area contributed by atoms with Crippen molar-refractivity contribution in [1.82, 2.24) is 0 Å². The summed E-state index contributed by atoms with van der Waals surface area (Å²) in [5.41, 5.74) is 2.31. The summed E-state index contributed by atoms with van der Waals surface area (Å²) in [6, 6.07) is 4.22. The predicted molar refractivity (Wildman–Crippen MR) is 76.4 cm³/mol. The molecule has 0 aromatic heterocycles. The average Bonchev–Trinajstić information content (AvgIpc) is 2.25. The van der Waals surface area contributed by atoms with E-state index >= 15 is 0 Å². The number of amidine groups is 1. The third-order valence-electron chi connectivity index (χ3n) is 2.58. The van der Waals surface area contributed by atoms with Gasteiger partial charge >= 0.3 is 0 Å². The number of nitrogens with one attached hydrogen (secondary N) is 1. The van der Waals surface area contributed by atoms with Gasteiger partial charge in [-0.15, -0.1) is 0 Å². The molecular formula is C12H14Br2N2. The maximum atomic E-state index is 4.49. The number of hydrogen-bond donors (Lipinski definition) is 1. The summed E-state index contributed by atoms with van der Waals surface area (Å²) < 4.78 is 2.15. The lowest BCUT2D eigenvalue weighted by Gasteiger charge is -2.16. The molecule has 0 radical (unpaired) electrons. The monoisotopic (exact) mass is 344 g/mol. The summed E-state index contributed by atoms with van der Waals surface area (Å²) in [6.45, 7) is 3.03. The first-order valence-electron chi connectivity index (χ1n) is 5.43. The normalized spacial score (nSPS) is 15.8. The highest BCUT2D eigenvalue weighted by Crippen LogP contribution is 2.32. The fraction of sp³-hybridized carbons (Fsp3) is 0.417. The van der Waals surface area contributed by atoms with Crippen LogP contribution < -0.4 is 5.32 Å². The highest BCUT2D eigenvalue weighted by atomic mass is 79.9. The molecule has 0 saturated heterocycles. The van der Waals surface area contributed by atoms with Crippen LogP contribution in [-0.2, 0) is 0 Å². The fourth-order valence-corrected chi connectivity index (χ4v) is 3.38. The van der Waals surface area contributed by atoms with E-state index in [0.29, 0.717) is 0 Å². The standard InChI is InChI=1S/C12H14Br2N2/c1-8-6-9(13)12(10(14)7-8)16-11-4-2-3-5-15-11/h6-7H,2-5H2,1H3,(H,15,16). The zero-order chi connectivity index (χ0) is 11.5. The first kappa shape index (κ1) is 12.1. The SMILES string of the molecule is Cc1cc(Br)c(NC2=NCCCC2)c(Br)c1. The Bertz CT molecular complexity index is 404. The summed E-state index contributed by atoms with van der Waals surface area (Å²) in [7, 11) is 0. The molecule has 0 amide bonds. The van der Waals surface area contributed by atoms with E-state index < -0.39 is 0 Å². The van der Waals surface area contributed by atoms with E-state index in [1.807, 2.05) is 0 Å². The minimum absolute atomic E-state index is 0.948. The van der Waals surface area contributed by atoms with Crippen molar-refractivity contribution in [2.45, 2.75) is 26.2 Å². The first-order chi connectivity index (χ1) is 7.66. The van der Waals surface area contributed by atoms with Gasteiger partial charge in [0.2, 0.25) is 0 Å². The molecule has 0 unspecified atom stereocenters. The lowest BCUT2D eigenvalue weighted by Crippen LogP contribution is -2.16. The maximum Gasteiger partial charge on any atom is 0.101 e. The first-order valence-corrected chi connectivity index (χ1v) is 7.01. The quantitative estimate of drug-likeness (QED) is 0.795. The molecule has 16 heavy (non-hydrogen) atoms. The van der Waals surface area contributed by atoms with E-state index in [1.165, 1.54) is 18.4 Å². The van der Waals surface area contributed by atoms with E-state index in [9.17, 15) is 0 Å². The van der Waals surface area contributed by atoms with Crippen molar-refractivity contribution in [3.05, 3.63) is 26.6 Å². The van der Waals surface area contributed by atoms with Crippen LogP contribution in [0.25, 0.3) is 0 Å². The van der Waals surface area contributed by atoms with Crippen molar-refractivity contribution in [3.8, 4) is 0 Å². The number of aliphatic imine (C=N–C) groups is 1. The molecule has 0 atom stereocenters. The number of aryl methyl sites for hydroxylation is 1. The van der Waals surface area contributed by atoms with Gasteiger partial charge in [-0.2, -0.15) is 0 Å². The number of benzene rings is 1. The highest BCUT2D eigenvalue weighted by molar-refractivity contribution is 9.11. The third-order valence-corrected chi connectivity index (χ3v) is 3.83. The van der Waals surface area contributed by atoms with Crippen LogP contribution in [0.1, 0.15) is 24.8 Å². The maximum absolute atomic E-state index is 4.49. The molecule has 0 fully saturated rings. The Labute approximate surface area is 113 Å². The summed E-state index contributed by atoms with van der Waals surface area (Å²) in [4.78, 5) is 4.49. The number of hydrogen-bond acceptors (Lipinski definition) is 2. The molecule has 86 valence electrons. The zero-order valence-electron chi connectivity index (χ0n) is 9.19. The second kappa shape index (κ2) is 5.32. The van der Waals surface area contributed by atoms with Crippen LogP contribution >= 0.6 is 31.9 Å². The van der Waals surface area contributed by atoms with Crippen molar-refractivity contribution in [3.63, 3.8) is 0 Å². The fourth-order valence-electron chi connectivity index (χ4n) is 1.76. The topological polar surface area (TPSA) is 24.4 Å². The van der Waals surface area contributed by atoms with E-state index in [2.05, 4.69) is 61.2 Å². The second-order valence-corrected chi connectivity index (χ2v) is 5.72. The molecule has 1 aromatic carbocycles. The minimum atomic E-state index is 0.948. The Morgan fingerprint density at radius 3 is 2.44 bits per heavy atom. The van der Waals surface area contributed by atoms with Gasteiger partial charge < -0.3 is 5.32 Å². The van der Waals surface area contributed by atoms with Crippen LogP contribution in [-0.4, -0.2) is 12.4 Å². The van der Waals surface area contributed by atoms with Crippen LogP contribution in [0.2, 0.25) is 0 Å². The lowest BCUT2D eigenvalue weighted by atomic mass is 10.1. The lowest BCUT2D eigenvalue weighted by molar-refractivity contribution is 0.737. The molecule has 2 nitrogen and oxygen atoms in total. The van der Waals surface area contributed by atoms with Crippen molar-refractivity contribution < 1.29 is 0 Å². The molecule has 1 N–H and O–H groups in total. The van der Waals surface area contributed by atoms with Gasteiger partial charge in [0.25, 0.3) is 0 Å². The summed E-state index contributed by atoms with van der Waals surface area (Å²) >= 11 is 7.15. The van der Waals surface area contributed by atoms with Gasteiger partial charge in [-0.25, -0.2) is 0 Å². The number of rotatable bonds is 1. The molecule has 0 bridgehead atoms. The van der Waals surface area contributed by atoms with Crippen molar-refractivity contribution in [2.75, 3.05) is 11.9 Å². The van der Waals surface area contributed by atoms with Crippen molar-refractivity contribution in [2.24, 2.45) is 4.99 Å². The van der Waals surface area contributed by atoms with E-state index in [1.54, 1.807) is 0 Å². The summed E-state index contributed by atoms with van der Waals surface area (Å²) in [5, 5.41) is 3.40. The van der Waals surface area contributed by atoms with Crippen molar-refractivity contribution >= 4 is 43.4 Å². The van der Waals surface area contributed by atoms with Gasteiger partial charge in [0, 0.05) is 21.9 Å². The molecule has 0 spiro atoms. The van der Waals surface area contributed by atoms with Gasteiger partial charge in [0.15, 0.2) is 0 Å².